The van der Waals surface area contributed by atoms with Crippen LogP contribution in [0.2, 0.25) is 0 Å². The summed E-state index contributed by atoms with van der Waals surface area (Å²) in [5, 5.41) is 10.2. The number of carbonyl (C=O) groups is 2. The standard InChI is InChI=1S/C28H29N3O4S2/c1-34-12-5-13-35-23-17-20(16-22(18-23)27(33)31-28-29-11-15-37-28)9-10-21-6-2-3-8-25(21)30-26(32)19-24-7-4-14-36-24/h2-4,6-8,11,14-18H,5,9-10,12-13,19H2,1H3,(H,30,32)(H,29,31,33). The quantitative estimate of drug-likeness (QED) is 0.210. The number of nitrogens with one attached hydrogen (secondary N) is 2. The lowest BCUT2D eigenvalue weighted by molar-refractivity contribution is -0.115. The minimum Gasteiger partial charge on any atom is -0.493 e. The van der Waals surface area contributed by atoms with Gasteiger partial charge in [-0.3, -0.25) is 14.9 Å². The second-order valence-electron chi connectivity index (χ2n) is 8.31. The molecular formula is C28H29N3O4S2. The van der Waals surface area contributed by atoms with Crippen LogP contribution in [-0.4, -0.2) is 37.1 Å². The van der Waals surface area contributed by atoms with E-state index >= 15 is 0 Å². The Morgan fingerprint density at radius 2 is 1.84 bits per heavy atom. The Bertz CT molecular complexity index is 1290. The van der Waals surface area contributed by atoms with Crippen LogP contribution in [0, 0.1) is 0 Å². The van der Waals surface area contributed by atoms with E-state index in [0.29, 0.717) is 48.9 Å². The molecule has 0 radical (unpaired) electrons. The fraction of sp³-hybridized carbons (Fsp3) is 0.250. The van der Waals surface area contributed by atoms with Crippen LogP contribution in [0.25, 0.3) is 0 Å². The fourth-order valence-corrected chi connectivity index (χ4v) is 5.00. The number of aryl methyl sites for hydroxylation is 2. The summed E-state index contributed by atoms with van der Waals surface area (Å²) in [4.78, 5) is 30.6. The molecule has 2 heterocycles. The lowest BCUT2D eigenvalue weighted by atomic mass is 10.0. The van der Waals surface area contributed by atoms with E-state index in [-0.39, 0.29) is 11.8 Å². The number of benzene rings is 2. The first-order valence-electron chi connectivity index (χ1n) is 12.0. The molecule has 0 aliphatic carbocycles. The molecule has 9 heteroatoms. The number of thiazole rings is 1. The summed E-state index contributed by atoms with van der Waals surface area (Å²) >= 11 is 2.94. The van der Waals surface area contributed by atoms with Gasteiger partial charge < -0.3 is 14.8 Å². The number of thiophene rings is 1. The highest BCUT2D eigenvalue weighted by atomic mass is 32.1. The van der Waals surface area contributed by atoms with Gasteiger partial charge in [0.15, 0.2) is 5.13 Å². The zero-order chi connectivity index (χ0) is 25.9. The first-order valence-corrected chi connectivity index (χ1v) is 13.7. The molecule has 0 atom stereocenters. The maximum absolute atomic E-state index is 12.9. The third-order valence-electron chi connectivity index (χ3n) is 5.53. The van der Waals surface area contributed by atoms with E-state index in [1.807, 2.05) is 59.3 Å². The van der Waals surface area contributed by atoms with Crippen LogP contribution in [-0.2, 0) is 28.8 Å². The molecule has 0 unspecified atom stereocenters. The van der Waals surface area contributed by atoms with Crippen molar-refractivity contribution < 1.29 is 19.1 Å². The van der Waals surface area contributed by atoms with Crippen molar-refractivity contribution in [3.63, 3.8) is 0 Å². The van der Waals surface area contributed by atoms with E-state index in [1.54, 1.807) is 30.7 Å². The van der Waals surface area contributed by atoms with Crippen LogP contribution in [0.15, 0.2) is 71.6 Å². The van der Waals surface area contributed by atoms with Gasteiger partial charge in [-0.1, -0.05) is 24.3 Å². The van der Waals surface area contributed by atoms with Crippen molar-refractivity contribution in [2.45, 2.75) is 25.7 Å². The SMILES string of the molecule is COCCCOc1cc(CCc2ccccc2NC(=O)Cc2cccs2)cc(C(=O)Nc2nccs2)c1. The Morgan fingerprint density at radius 3 is 2.62 bits per heavy atom. The molecule has 2 N–H and O–H groups in total. The number of ether oxygens (including phenoxy) is 2. The molecule has 0 fully saturated rings. The van der Waals surface area contributed by atoms with Crippen LogP contribution in [0.4, 0.5) is 10.8 Å². The molecule has 0 bridgehead atoms. The summed E-state index contributed by atoms with van der Waals surface area (Å²) in [5.74, 6) is 0.359. The molecule has 2 amide bonds. The largest absolute Gasteiger partial charge is 0.493 e. The normalized spacial score (nSPS) is 10.7. The average Bonchev–Trinajstić information content (AvgIpc) is 3.60. The van der Waals surface area contributed by atoms with Crippen LogP contribution < -0.4 is 15.4 Å². The molecule has 2 aromatic carbocycles. The molecule has 192 valence electrons. The third-order valence-corrected chi connectivity index (χ3v) is 7.10. The first kappa shape index (κ1) is 26.5. The molecule has 0 aliphatic heterocycles. The van der Waals surface area contributed by atoms with E-state index in [2.05, 4.69) is 15.6 Å². The Morgan fingerprint density at radius 1 is 0.946 bits per heavy atom. The van der Waals surface area contributed by atoms with Crippen molar-refractivity contribution in [3.8, 4) is 5.75 Å². The Hall–Kier alpha value is -3.53. The minimum absolute atomic E-state index is 0.0394. The number of hydrogen-bond acceptors (Lipinski definition) is 7. The molecule has 4 aromatic rings. The average molecular weight is 536 g/mol. The summed E-state index contributed by atoms with van der Waals surface area (Å²) in [7, 11) is 1.66. The predicted octanol–water partition coefficient (Wildman–Crippen LogP) is 5.84. The van der Waals surface area contributed by atoms with Crippen molar-refractivity contribution >= 4 is 45.3 Å². The summed E-state index contributed by atoms with van der Waals surface area (Å²) in [5.41, 5.74) is 3.31. The molecule has 0 saturated carbocycles. The number of anilines is 2. The summed E-state index contributed by atoms with van der Waals surface area (Å²) in [6.07, 6.45) is 4.12. The molecule has 0 spiro atoms. The number of aromatic nitrogens is 1. The van der Waals surface area contributed by atoms with Gasteiger partial charge in [-0.05, 0) is 59.7 Å². The molecule has 7 nitrogen and oxygen atoms in total. The molecule has 0 aliphatic rings. The second-order valence-corrected chi connectivity index (χ2v) is 10.2. The highest BCUT2D eigenvalue weighted by Gasteiger charge is 2.13. The minimum atomic E-state index is -0.236. The maximum atomic E-state index is 12.9. The van der Waals surface area contributed by atoms with Gasteiger partial charge in [0.25, 0.3) is 5.91 Å². The highest BCUT2D eigenvalue weighted by molar-refractivity contribution is 7.13. The molecule has 37 heavy (non-hydrogen) atoms. The highest BCUT2D eigenvalue weighted by Crippen LogP contribution is 2.23. The number of carbonyl (C=O) groups excluding carboxylic acids is 2. The fourth-order valence-electron chi connectivity index (χ4n) is 3.77. The Labute approximate surface area is 224 Å². The van der Waals surface area contributed by atoms with E-state index in [0.717, 1.165) is 28.1 Å². The van der Waals surface area contributed by atoms with Gasteiger partial charge in [-0.2, -0.15) is 0 Å². The van der Waals surface area contributed by atoms with Crippen molar-refractivity contribution in [2.75, 3.05) is 31.0 Å². The van der Waals surface area contributed by atoms with Gasteiger partial charge in [0.2, 0.25) is 5.91 Å². The van der Waals surface area contributed by atoms with Crippen LogP contribution in [0.3, 0.4) is 0 Å². The number of methoxy groups -OCH3 is 1. The van der Waals surface area contributed by atoms with E-state index in [1.165, 1.54) is 11.3 Å². The lowest BCUT2D eigenvalue weighted by Gasteiger charge is -2.13. The number of para-hydroxylation sites is 1. The van der Waals surface area contributed by atoms with Crippen molar-refractivity contribution in [1.29, 1.82) is 0 Å². The number of nitrogens with zero attached hydrogens (tertiary/aromatic N) is 1. The third kappa shape index (κ3) is 8.24. The van der Waals surface area contributed by atoms with E-state index in [4.69, 9.17) is 9.47 Å². The smallest absolute Gasteiger partial charge is 0.257 e. The molecule has 0 saturated heterocycles. The van der Waals surface area contributed by atoms with Crippen molar-refractivity contribution in [1.82, 2.24) is 4.98 Å². The van der Waals surface area contributed by atoms with Gasteiger partial charge in [-0.25, -0.2) is 4.98 Å². The number of hydrogen-bond donors (Lipinski definition) is 2. The topological polar surface area (TPSA) is 89.5 Å². The molecule has 4 rings (SSSR count). The molecule has 2 aromatic heterocycles. The summed E-state index contributed by atoms with van der Waals surface area (Å²) in [6, 6.07) is 17.3. The van der Waals surface area contributed by atoms with E-state index in [9.17, 15) is 9.59 Å². The first-order chi connectivity index (χ1) is 18.1. The van der Waals surface area contributed by atoms with E-state index < -0.39 is 0 Å². The van der Waals surface area contributed by atoms with Gasteiger partial charge in [-0.15, -0.1) is 22.7 Å². The number of amides is 2. The van der Waals surface area contributed by atoms with Crippen LogP contribution in [0.5, 0.6) is 5.75 Å². The lowest BCUT2D eigenvalue weighted by Crippen LogP contribution is -2.15. The zero-order valence-electron chi connectivity index (χ0n) is 20.6. The van der Waals surface area contributed by atoms with Crippen molar-refractivity contribution in [2.24, 2.45) is 0 Å². The van der Waals surface area contributed by atoms with Crippen molar-refractivity contribution in [3.05, 3.63) is 93.1 Å². The Kier molecular flexibility index (Phi) is 9.81. The van der Waals surface area contributed by atoms with Crippen LogP contribution >= 0.6 is 22.7 Å². The number of rotatable bonds is 13. The maximum Gasteiger partial charge on any atom is 0.257 e. The van der Waals surface area contributed by atoms with Gasteiger partial charge in [0.05, 0.1) is 13.0 Å². The van der Waals surface area contributed by atoms with Crippen LogP contribution in [0.1, 0.15) is 32.8 Å². The predicted molar refractivity (Wildman–Crippen MR) is 149 cm³/mol. The van der Waals surface area contributed by atoms with Gasteiger partial charge in [0.1, 0.15) is 5.75 Å². The second kappa shape index (κ2) is 13.7. The summed E-state index contributed by atoms with van der Waals surface area (Å²) in [6.45, 7) is 1.09. The Balaban J connectivity index is 1.46. The van der Waals surface area contributed by atoms with Gasteiger partial charge in [0, 0.05) is 47.8 Å². The monoisotopic (exact) mass is 535 g/mol. The molecular weight excluding hydrogens is 506 g/mol. The zero-order valence-corrected chi connectivity index (χ0v) is 22.2. The van der Waals surface area contributed by atoms with Gasteiger partial charge >= 0.3 is 0 Å². The summed E-state index contributed by atoms with van der Waals surface area (Å²) < 4.78 is 11.0.